The van der Waals surface area contributed by atoms with Crippen LogP contribution < -0.4 is 10.0 Å². The summed E-state index contributed by atoms with van der Waals surface area (Å²) in [5, 5.41) is 0.397. The van der Waals surface area contributed by atoms with E-state index in [1.165, 1.54) is 0 Å². The van der Waals surface area contributed by atoms with Gasteiger partial charge in [-0.1, -0.05) is 24.6 Å². The van der Waals surface area contributed by atoms with Gasteiger partial charge in [0, 0.05) is 24.0 Å². The van der Waals surface area contributed by atoms with Crippen molar-refractivity contribution in [3.63, 3.8) is 0 Å². The summed E-state index contributed by atoms with van der Waals surface area (Å²) in [4.78, 5) is 26.1. The average Bonchev–Trinajstić information content (AvgIpc) is 2.60. The second-order valence-electron chi connectivity index (χ2n) is 6.92. The Morgan fingerprint density at radius 3 is 2.41 bits per heavy atom. The second kappa shape index (κ2) is 8.48. The highest BCUT2D eigenvalue weighted by Crippen LogP contribution is 2.30. The number of hydrogen-bond donors (Lipinski definition) is 1. The van der Waals surface area contributed by atoms with Crippen molar-refractivity contribution in [2.24, 2.45) is 11.7 Å². The third-order valence-corrected chi connectivity index (χ3v) is 6.33. The van der Waals surface area contributed by atoms with Crippen LogP contribution in [0.15, 0.2) is 18.2 Å². The zero-order chi connectivity index (χ0) is 20.4. The van der Waals surface area contributed by atoms with Crippen LogP contribution in [0.2, 0.25) is 5.02 Å². The monoisotopic (exact) mass is 415 g/mol. The molecule has 0 radical (unpaired) electrons. The van der Waals surface area contributed by atoms with Crippen LogP contribution in [0.4, 0.5) is 5.69 Å². The molecule has 1 aromatic rings. The van der Waals surface area contributed by atoms with E-state index in [1.807, 2.05) is 0 Å². The largest absolute Gasteiger partial charge is 0.369 e. The maximum absolute atomic E-state index is 13.1. The molecule has 0 aliphatic carbocycles. The molecule has 150 valence electrons. The van der Waals surface area contributed by atoms with Crippen LogP contribution in [0, 0.1) is 12.8 Å². The molecule has 0 saturated carbocycles. The number of nitrogens with zero attached hydrogens (tertiary/aromatic N) is 2. The molecule has 1 aromatic carbocycles. The van der Waals surface area contributed by atoms with E-state index in [0.717, 1.165) is 10.6 Å². The number of carbonyl (C=O) groups is 2. The van der Waals surface area contributed by atoms with Gasteiger partial charge in [-0.3, -0.25) is 13.9 Å². The number of rotatable bonds is 6. The number of sulfonamides is 1. The van der Waals surface area contributed by atoms with Crippen molar-refractivity contribution in [1.82, 2.24) is 4.90 Å². The van der Waals surface area contributed by atoms with Crippen molar-refractivity contribution >= 4 is 39.1 Å². The number of nitrogens with two attached hydrogens (primary N) is 1. The Morgan fingerprint density at radius 1 is 1.33 bits per heavy atom. The van der Waals surface area contributed by atoms with Gasteiger partial charge in [0.1, 0.15) is 6.04 Å². The predicted octanol–water partition coefficient (Wildman–Crippen LogP) is 1.92. The third kappa shape index (κ3) is 4.93. The van der Waals surface area contributed by atoms with E-state index in [-0.39, 0.29) is 17.7 Å². The van der Waals surface area contributed by atoms with Gasteiger partial charge in [0.2, 0.25) is 21.8 Å². The van der Waals surface area contributed by atoms with Crippen LogP contribution in [0.1, 0.15) is 31.7 Å². The van der Waals surface area contributed by atoms with E-state index < -0.39 is 16.1 Å². The van der Waals surface area contributed by atoms with Gasteiger partial charge < -0.3 is 10.6 Å². The Balaban J connectivity index is 2.35. The quantitative estimate of drug-likeness (QED) is 0.766. The van der Waals surface area contributed by atoms with Crippen LogP contribution in [-0.2, 0) is 19.6 Å². The molecule has 1 atom stereocenters. The van der Waals surface area contributed by atoms with Crippen molar-refractivity contribution in [2.75, 3.05) is 23.7 Å². The van der Waals surface area contributed by atoms with E-state index in [9.17, 15) is 18.0 Å². The summed E-state index contributed by atoms with van der Waals surface area (Å²) in [5.74, 6) is -0.873. The normalized spacial score (nSPS) is 16.8. The maximum atomic E-state index is 13.1. The highest BCUT2D eigenvalue weighted by atomic mass is 35.5. The van der Waals surface area contributed by atoms with E-state index in [4.69, 9.17) is 17.3 Å². The van der Waals surface area contributed by atoms with Crippen molar-refractivity contribution in [3.8, 4) is 0 Å². The molecule has 1 fully saturated rings. The number of halogens is 1. The summed E-state index contributed by atoms with van der Waals surface area (Å²) in [6, 6.07) is 4.10. The SMILES string of the molecule is CCC(C(=O)N1CCC(C(N)=O)CC1)N(c1cc(Cl)ccc1C)S(C)(=O)=O. The minimum atomic E-state index is -3.72. The van der Waals surface area contributed by atoms with E-state index in [1.54, 1.807) is 36.9 Å². The lowest BCUT2D eigenvalue weighted by Gasteiger charge is -2.37. The highest BCUT2D eigenvalue weighted by Gasteiger charge is 2.36. The highest BCUT2D eigenvalue weighted by molar-refractivity contribution is 7.92. The minimum Gasteiger partial charge on any atom is -0.369 e. The summed E-state index contributed by atoms with van der Waals surface area (Å²) >= 11 is 6.07. The molecule has 1 aliphatic rings. The van der Waals surface area contributed by atoms with Crippen LogP contribution in [0.3, 0.4) is 0 Å². The Bertz CT molecular complexity index is 820. The molecule has 2 rings (SSSR count). The van der Waals surface area contributed by atoms with Crippen molar-refractivity contribution < 1.29 is 18.0 Å². The Morgan fingerprint density at radius 2 is 1.93 bits per heavy atom. The number of amides is 2. The number of anilines is 1. The van der Waals surface area contributed by atoms with Crippen LogP contribution in [0.25, 0.3) is 0 Å². The first kappa shape index (κ1) is 21.5. The molecule has 9 heteroatoms. The fourth-order valence-corrected chi connectivity index (χ4v) is 4.86. The third-order valence-electron chi connectivity index (χ3n) is 4.93. The second-order valence-corrected chi connectivity index (χ2v) is 9.21. The van der Waals surface area contributed by atoms with Gasteiger partial charge in [0.25, 0.3) is 0 Å². The van der Waals surface area contributed by atoms with Crippen LogP contribution >= 0.6 is 11.6 Å². The Kier molecular flexibility index (Phi) is 6.75. The smallest absolute Gasteiger partial charge is 0.246 e. The van der Waals surface area contributed by atoms with Gasteiger partial charge >= 0.3 is 0 Å². The first-order valence-electron chi connectivity index (χ1n) is 8.90. The molecule has 1 aliphatic heterocycles. The predicted molar refractivity (Wildman–Crippen MR) is 106 cm³/mol. The molecule has 2 N–H and O–H groups in total. The molecule has 27 heavy (non-hydrogen) atoms. The van der Waals surface area contributed by atoms with E-state index >= 15 is 0 Å². The first-order valence-corrected chi connectivity index (χ1v) is 11.1. The topological polar surface area (TPSA) is 101 Å². The lowest BCUT2D eigenvalue weighted by atomic mass is 9.95. The van der Waals surface area contributed by atoms with Gasteiger partial charge in [-0.15, -0.1) is 0 Å². The lowest BCUT2D eigenvalue weighted by Crippen LogP contribution is -2.53. The molecular formula is C18H26ClN3O4S. The summed E-state index contributed by atoms with van der Waals surface area (Å²) in [7, 11) is -3.72. The Labute approximate surface area is 165 Å². The number of aryl methyl sites for hydroxylation is 1. The molecule has 0 bridgehead atoms. The number of hydrogen-bond acceptors (Lipinski definition) is 4. The van der Waals surface area contributed by atoms with Crippen LogP contribution in [0.5, 0.6) is 0 Å². The summed E-state index contributed by atoms with van der Waals surface area (Å²) in [6.45, 7) is 4.32. The van der Waals surface area contributed by atoms with Crippen LogP contribution in [-0.4, -0.2) is 50.5 Å². The molecule has 1 saturated heterocycles. The molecular weight excluding hydrogens is 390 g/mol. The number of primary amides is 1. The van der Waals surface area contributed by atoms with Gasteiger partial charge in [0.15, 0.2) is 0 Å². The molecule has 1 heterocycles. The molecule has 0 aromatic heterocycles. The van der Waals surface area contributed by atoms with Crippen molar-refractivity contribution in [3.05, 3.63) is 28.8 Å². The van der Waals surface area contributed by atoms with Gasteiger partial charge in [-0.25, -0.2) is 8.42 Å². The van der Waals surface area contributed by atoms with Crippen molar-refractivity contribution in [2.45, 2.75) is 39.2 Å². The van der Waals surface area contributed by atoms with Crippen molar-refractivity contribution in [1.29, 1.82) is 0 Å². The fourth-order valence-electron chi connectivity index (χ4n) is 3.43. The summed E-state index contributed by atoms with van der Waals surface area (Å²) < 4.78 is 26.3. The number of carbonyl (C=O) groups excluding carboxylic acids is 2. The molecule has 0 spiro atoms. The summed E-state index contributed by atoms with van der Waals surface area (Å²) in [6.07, 6.45) is 2.38. The van der Waals surface area contributed by atoms with E-state index in [0.29, 0.717) is 48.6 Å². The van der Waals surface area contributed by atoms with Gasteiger partial charge in [-0.2, -0.15) is 0 Å². The zero-order valence-corrected chi connectivity index (χ0v) is 17.4. The van der Waals surface area contributed by atoms with Gasteiger partial charge in [0.05, 0.1) is 11.9 Å². The summed E-state index contributed by atoms with van der Waals surface area (Å²) in [5.41, 5.74) is 6.46. The standard InChI is InChI=1S/C18H26ClN3O4S/c1-4-15(18(24)21-9-7-13(8-10-21)17(20)23)22(27(3,25)26)16-11-14(19)6-5-12(16)2/h5-6,11,13,15H,4,7-10H2,1-3H3,(H2,20,23). The van der Waals surface area contributed by atoms with Gasteiger partial charge in [-0.05, 0) is 43.9 Å². The lowest BCUT2D eigenvalue weighted by molar-refractivity contribution is -0.135. The fraction of sp³-hybridized carbons (Fsp3) is 0.556. The zero-order valence-electron chi connectivity index (χ0n) is 15.8. The average molecular weight is 416 g/mol. The molecule has 1 unspecified atom stereocenters. The number of likely N-dealkylation sites (tertiary alicyclic amines) is 1. The maximum Gasteiger partial charge on any atom is 0.246 e. The molecule has 7 nitrogen and oxygen atoms in total. The number of benzene rings is 1. The Hall–Kier alpha value is -1.80. The van der Waals surface area contributed by atoms with E-state index in [2.05, 4.69) is 0 Å². The number of piperidine rings is 1. The first-order chi connectivity index (χ1) is 12.6. The minimum absolute atomic E-state index is 0.240. The molecule has 2 amide bonds.